The first-order valence-corrected chi connectivity index (χ1v) is 9.20. The third kappa shape index (κ3) is 3.61. The van der Waals surface area contributed by atoms with Crippen molar-refractivity contribution in [2.45, 2.75) is 31.6 Å². The van der Waals surface area contributed by atoms with Crippen LogP contribution in [0.5, 0.6) is 0 Å². The van der Waals surface area contributed by atoms with Crippen molar-refractivity contribution in [3.8, 4) is 0 Å². The average molecular weight is 325 g/mol. The van der Waals surface area contributed by atoms with E-state index in [0.29, 0.717) is 11.0 Å². The number of carbonyl (C=O) groups is 1. The van der Waals surface area contributed by atoms with Crippen LogP contribution in [0.1, 0.15) is 37.0 Å². The smallest absolute Gasteiger partial charge is 0.340 e. The number of sulfone groups is 1. The molecule has 0 saturated carbocycles. The molecule has 1 heterocycles. The highest BCUT2D eigenvalue weighted by Gasteiger charge is 2.28. The van der Waals surface area contributed by atoms with Crippen molar-refractivity contribution in [3.05, 3.63) is 23.8 Å². The Balaban J connectivity index is 2.41. The van der Waals surface area contributed by atoms with Crippen LogP contribution in [0.15, 0.2) is 23.1 Å². The van der Waals surface area contributed by atoms with E-state index in [-0.39, 0.29) is 4.90 Å². The number of esters is 1. The second-order valence-corrected chi connectivity index (χ2v) is 8.61. The van der Waals surface area contributed by atoms with Gasteiger partial charge >= 0.3 is 5.97 Å². The minimum absolute atomic E-state index is 0.133. The van der Waals surface area contributed by atoms with Crippen LogP contribution in [-0.2, 0) is 14.6 Å². The van der Waals surface area contributed by atoms with E-state index in [1.807, 2.05) is 0 Å². The van der Waals surface area contributed by atoms with Crippen molar-refractivity contribution < 1.29 is 17.9 Å². The molecule has 0 amide bonds. The van der Waals surface area contributed by atoms with Gasteiger partial charge in [-0.3, -0.25) is 0 Å². The van der Waals surface area contributed by atoms with Gasteiger partial charge in [-0.1, -0.05) is 13.8 Å². The van der Waals surface area contributed by atoms with Crippen molar-refractivity contribution in [1.82, 2.24) is 0 Å². The van der Waals surface area contributed by atoms with Gasteiger partial charge in [0.1, 0.15) is 0 Å². The summed E-state index contributed by atoms with van der Waals surface area (Å²) in [5.41, 5.74) is 1.36. The summed E-state index contributed by atoms with van der Waals surface area (Å²) in [4.78, 5) is 14.3. The average Bonchev–Trinajstić information content (AvgIpc) is 2.45. The molecule has 0 unspecified atom stereocenters. The van der Waals surface area contributed by atoms with Gasteiger partial charge in [0.15, 0.2) is 9.84 Å². The molecule has 0 spiro atoms. The van der Waals surface area contributed by atoms with E-state index in [1.165, 1.54) is 13.2 Å². The molecular weight excluding hydrogens is 302 g/mol. The number of hydrogen-bond donors (Lipinski definition) is 0. The molecule has 122 valence electrons. The van der Waals surface area contributed by atoms with Gasteiger partial charge in [0.05, 0.1) is 23.3 Å². The third-order valence-corrected chi connectivity index (χ3v) is 5.37. The number of anilines is 1. The van der Waals surface area contributed by atoms with Gasteiger partial charge in [-0.15, -0.1) is 0 Å². The zero-order valence-corrected chi connectivity index (χ0v) is 14.4. The first-order valence-electron chi connectivity index (χ1n) is 7.31. The van der Waals surface area contributed by atoms with Crippen molar-refractivity contribution in [1.29, 1.82) is 0 Å². The molecule has 0 aromatic heterocycles. The fraction of sp³-hybridized carbons (Fsp3) is 0.562. The van der Waals surface area contributed by atoms with Crippen LogP contribution < -0.4 is 4.90 Å². The highest BCUT2D eigenvalue weighted by molar-refractivity contribution is 7.90. The second-order valence-electron chi connectivity index (χ2n) is 6.59. The standard InChI is InChI=1S/C16H23NO4S/c1-16(2)7-9-17(10-8-16)14-6-5-12(22(4,19)20)11-13(14)15(18)21-3/h5-6,11H,7-10H2,1-4H3. The third-order valence-electron chi connectivity index (χ3n) is 4.26. The molecule has 5 nitrogen and oxygen atoms in total. The van der Waals surface area contributed by atoms with Crippen LogP contribution in [0.25, 0.3) is 0 Å². The molecule has 1 aliphatic rings. The van der Waals surface area contributed by atoms with Crippen LogP contribution >= 0.6 is 0 Å². The van der Waals surface area contributed by atoms with E-state index in [9.17, 15) is 13.2 Å². The quantitative estimate of drug-likeness (QED) is 0.799. The van der Waals surface area contributed by atoms with Crippen LogP contribution in [0, 0.1) is 5.41 Å². The number of hydrogen-bond acceptors (Lipinski definition) is 5. The molecule has 0 atom stereocenters. The Morgan fingerprint density at radius 2 is 1.82 bits per heavy atom. The van der Waals surface area contributed by atoms with Crippen LogP contribution in [-0.4, -0.2) is 40.8 Å². The molecule has 22 heavy (non-hydrogen) atoms. The minimum atomic E-state index is -3.36. The lowest BCUT2D eigenvalue weighted by Crippen LogP contribution is -2.38. The molecule has 0 N–H and O–H groups in total. The van der Waals surface area contributed by atoms with Crippen molar-refractivity contribution >= 4 is 21.5 Å². The molecule has 2 rings (SSSR count). The molecule has 1 aliphatic heterocycles. The summed E-state index contributed by atoms with van der Waals surface area (Å²) in [7, 11) is -2.06. The normalized spacial score (nSPS) is 18.1. The minimum Gasteiger partial charge on any atom is -0.465 e. The fourth-order valence-electron chi connectivity index (χ4n) is 2.65. The summed E-state index contributed by atoms with van der Waals surface area (Å²) in [6.45, 7) is 6.15. The lowest BCUT2D eigenvalue weighted by Gasteiger charge is -2.38. The largest absolute Gasteiger partial charge is 0.465 e. The summed E-state index contributed by atoms with van der Waals surface area (Å²) in [5.74, 6) is -0.509. The lowest BCUT2D eigenvalue weighted by atomic mass is 9.82. The zero-order chi connectivity index (χ0) is 16.5. The van der Waals surface area contributed by atoms with Crippen LogP contribution in [0.3, 0.4) is 0 Å². The van der Waals surface area contributed by atoms with Gasteiger partial charge in [-0.25, -0.2) is 13.2 Å². The highest BCUT2D eigenvalue weighted by atomic mass is 32.2. The Labute approximate surface area is 132 Å². The number of rotatable bonds is 3. The maximum atomic E-state index is 12.0. The van der Waals surface area contributed by atoms with Crippen molar-refractivity contribution in [2.75, 3.05) is 31.4 Å². The van der Waals surface area contributed by atoms with Gasteiger partial charge in [0.2, 0.25) is 0 Å². The van der Waals surface area contributed by atoms with Gasteiger partial charge in [-0.2, -0.15) is 0 Å². The number of benzene rings is 1. The maximum Gasteiger partial charge on any atom is 0.340 e. The summed E-state index contributed by atoms with van der Waals surface area (Å²) in [6.07, 6.45) is 3.19. The zero-order valence-electron chi connectivity index (χ0n) is 13.5. The number of carbonyl (C=O) groups excluding carboxylic acids is 1. The van der Waals surface area contributed by atoms with Gasteiger partial charge in [-0.05, 0) is 36.5 Å². The van der Waals surface area contributed by atoms with E-state index in [2.05, 4.69) is 18.7 Å². The predicted octanol–water partition coefficient (Wildman–Crippen LogP) is 2.50. The summed E-state index contributed by atoms with van der Waals surface area (Å²) in [5, 5.41) is 0. The molecule has 0 radical (unpaired) electrons. The van der Waals surface area contributed by atoms with Crippen molar-refractivity contribution in [2.24, 2.45) is 5.41 Å². The van der Waals surface area contributed by atoms with Gasteiger partial charge in [0.25, 0.3) is 0 Å². The van der Waals surface area contributed by atoms with E-state index < -0.39 is 15.8 Å². The number of methoxy groups -OCH3 is 1. The molecule has 1 aromatic rings. The lowest BCUT2D eigenvalue weighted by molar-refractivity contribution is 0.0601. The molecule has 6 heteroatoms. The molecule has 1 aromatic carbocycles. The van der Waals surface area contributed by atoms with Crippen molar-refractivity contribution in [3.63, 3.8) is 0 Å². The Morgan fingerprint density at radius 3 is 2.32 bits per heavy atom. The number of nitrogens with zero attached hydrogens (tertiary/aromatic N) is 1. The molecular formula is C16H23NO4S. The molecule has 1 fully saturated rings. The van der Waals surface area contributed by atoms with E-state index in [1.54, 1.807) is 12.1 Å². The molecule has 0 bridgehead atoms. The van der Waals surface area contributed by atoms with Crippen LogP contribution in [0.4, 0.5) is 5.69 Å². The summed E-state index contributed by atoms with van der Waals surface area (Å²) >= 11 is 0. The Hall–Kier alpha value is -1.56. The Morgan fingerprint density at radius 1 is 1.23 bits per heavy atom. The Bertz CT molecular complexity index is 669. The molecule has 0 aliphatic carbocycles. The van der Waals surface area contributed by atoms with E-state index in [4.69, 9.17) is 4.74 Å². The monoisotopic (exact) mass is 325 g/mol. The van der Waals surface area contributed by atoms with Gasteiger partial charge in [0, 0.05) is 19.3 Å². The predicted molar refractivity (Wildman–Crippen MR) is 86.1 cm³/mol. The van der Waals surface area contributed by atoms with E-state index >= 15 is 0 Å². The van der Waals surface area contributed by atoms with Gasteiger partial charge < -0.3 is 9.64 Å². The first-order chi connectivity index (χ1) is 10.1. The van der Waals surface area contributed by atoms with E-state index in [0.717, 1.165) is 37.9 Å². The first kappa shape index (κ1) is 16.8. The SMILES string of the molecule is COC(=O)c1cc(S(C)(=O)=O)ccc1N1CCC(C)(C)CC1. The fourth-order valence-corrected chi connectivity index (χ4v) is 3.30. The molecule has 1 saturated heterocycles. The number of ether oxygens (including phenoxy) is 1. The van der Waals surface area contributed by atoms with Crippen LogP contribution in [0.2, 0.25) is 0 Å². The topological polar surface area (TPSA) is 63.7 Å². The maximum absolute atomic E-state index is 12.0. The summed E-state index contributed by atoms with van der Waals surface area (Å²) < 4.78 is 28.2. The highest BCUT2D eigenvalue weighted by Crippen LogP contribution is 2.34. The Kier molecular flexibility index (Phi) is 4.52. The number of piperidine rings is 1. The summed E-state index contributed by atoms with van der Waals surface area (Å²) in [6, 6.07) is 4.67. The second kappa shape index (κ2) is 5.91.